The monoisotopic (exact) mass is 326 g/mol. The van der Waals surface area contributed by atoms with E-state index in [9.17, 15) is 4.79 Å². The highest BCUT2D eigenvalue weighted by atomic mass is 35.5. The van der Waals surface area contributed by atoms with Gasteiger partial charge in [0.1, 0.15) is 0 Å². The van der Waals surface area contributed by atoms with E-state index >= 15 is 0 Å². The molecule has 0 heterocycles. The summed E-state index contributed by atoms with van der Waals surface area (Å²) in [5.41, 5.74) is 7.65. The number of carbonyl (C=O) groups excluding carboxylic acids is 1. The van der Waals surface area contributed by atoms with Crippen LogP contribution in [0.15, 0.2) is 24.3 Å². The zero-order valence-electron chi connectivity index (χ0n) is 13.1. The molecule has 0 radical (unpaired) electrons. The summed E-state index contributed by atoms with van der Waals surface area (Å²) in [6, 6.07) is 7.68. The fourth-order valence-electron chi connectivity index (χ4n) is 2.75. The number of halogens is 1. The highest BCUT2D eigenvalue weighted by Crippen LogP contribution is 2.19. The lowest BCUT2D eigenvalue weighted by molar-refractivity contribution is -0.121. The van der Waals surface area contributed by atoms with Gasteiger partial charge in [-0.1, -0.05) is 37.5 Å². The lowest BCUT2D eigenvalue weighted by Gasteiger charge is -2.22. The van der Waals surface area contributed by atoms with Gasteiger partial charge in [0.05, 0.1) is 12.7 Å². The number of amides is 1. The van der Waals surface area contributed by atoms with Crippen LogP contribution in [0.5, 0.6) is 0 Å². The second kappa shape index (κ2) is 10.5. The van der Waals surface area contributed by atoms with Crippen LogP contribution in [0.4, 0.5) is 5.69 Å². The molecule has 0 aliphatic heterocycles. The SMILES string of the molecule is Cl.Nc1ccccc1CCC(=O)NCCOC1CCCCC1. The Labute approximate surface area is 139 Å². The molecule has 0 aromatic heterocycles. The third-order valence-corrected chi connectivity index (χ3v) is 4.01. The Balaban J connectivity index is 0.00000242. The summed E-state index contributed by atoms with van der Waals surface area (Å²) in [5, 5.41) is 2.91. The first-order valence-corrected chi connectivity index (χ1v) is 7.97. The number of nitrogens with one attached hydrogen (secondary N) is 1. The fourth-order valence-corrected chi connectivity index (χ4v) is 2.75. The van der Waals surface area contributed by atoms with Crippen molar-refractivity contribution in [3.05, 3.63) is 29.8 Å². The molecule has 1 aliphatic carbocycles. The maximum absolute atomic E-state index is 11.8. The van der Waals surface area contributed by atoms with Crippen LogP contribution < -0.4 is 11.1 Å². The standard InChI is InChI=1S/C17H26N2O2.ClH/c18-16-9-5-4-6-14(16)10-11-17(20)19-12-13-21-15-7-2-1-3-8-15;/h4-6,9,15H,1-3,7-8,10-13,18H2,(H,19,20);1H. The fraction of sp³-hybridized carbons (Fsp3) is 0.588. The number of aryl methyl sites for hydroxylation is 1. The Morgan fingerprint density at radius 1 is 1.23 bits per heavy atom. The van der Waals surface area contributed by atoms with E-state index in [2.05, 4.69) is 5.32 Å². The van der Waals surface area contributed by atoms with Crippen molar-refractivity contribution in [1.29, 1.82) is 0 Å². The molecular weight excluding hydrogens is 300 g/mol. The first-order valence-electron chi connectivity index (χ1n) is 7.97. The van der Waals surface area contributed by atoms with Crippen molar-refractivity contribution >= 4 is 24.0 Å². The van der Waals surface area contributed by atoms with Gasteiger partial charge < -0.3 is 15.8 Å². The third-order valence-electron chi connectivity index (χ3n) is 4.01. The minimum Gasteiger partial charge on any atom is -0.399 e. The van der Waals surface area contributed by atoms with Crippen molar-refractivity contribution in [1.82, 2.24) is 5.32 Å². The van der Waals surface area contributed by atoms with Crippen LogP contribution in [0, 0.1) is 0 Å². The molecular formula is C17H27ClN2O2. The van der Waals surface area contributed by atoms with Crippen LogP contribution in [-0.2, 0) is 16.0 Å². The molecule has 0 unspecified atom stereocenters. The molecule has 1 aliphatic rings. The van der Waals surface area contributed by atoms with Crippen molar-refractivity contribution in [2.75, 3.05) is 18.9 Å². The molecule has 1 aromatic rings. The van der Waals surface area contributed by atoms with E-state index in [1.807, 2.05) is 24.3 Å². The number of hydrogen-bond donors (Lipinski definition) is 2. The predicted octanol–water partition coefficient (Wildman–Crippen LogP) is 3.09. The van der Waals surface area contributed by atoms with E-state index in [0.717, 1.165) is 11.3 Å². The minimum atomic E-state index is 0. The predicted molar refractivity (Wildman–Crippen MR) is 92.3 cm³/mol. The van der Waals surface area contributed by atoms with Gasteiger partial charge in [0.15, 0.2) is 0 Å². The smallest absolute Gasteiger partial charge is 0.220 e. The molecule has 0 saturated heterocycles. The number of hydrogen-bond acceptors (Lipinski definition) is 3. The highest BCUT2D eigenvalue weighted by Gasteiger charge is 2.13. The third kappa shape index (κ3) is 6.67. The van der Waals surface area contributed by atoms with Crippen LogP contribution in [0.3, 0.4) is 0 Å². The minimum absolute atomic E-state index is 0. The molecule has 2 rings (SSSR count). The summed E-state index contributed by atoms with van der Waals surface area (Å²) in [4.78, 5) is 11.8. The second-order valence-electron chi connectivity index (χ2n) is 5.68. The lowest BCUT2D eigenvalue weighted by Crippen LogP contribution is -2.29. The summed E-state index contributed by atoms with van der Waals surface area (Å²) in [6.07, 6.45) is 7.77. The molecule has 22 heavy (non-hydrogen) atoms. The lowest BCUT2D eigenvalue weighted by atomic mass is 9.98. The van der Waals surface area contributed by atoms with Gasteiger partial charge in [0.25, 0.3) is 0 Å². The molecule has 0 spiro atoms. The number of nitrogen functional groups attached to an aromatic ring is 1. The van der Waals surface area contributed by atoms with E-state index in [1.165, 1.54) is 32.1 Å². The molecule has 1 amide bonds. The normalized spacial score (nSPS) is 15.1. The van der Waals surface area contributed by atoms with E-state index in [4.69, 9.17) is 10.5 Å². The van der Waals surface area contributed by atoms with Gasteiger partial charge in [0.2, 0.25) is 5.91 Å². The molecule has 4 nitrogen and oxygen atoms in total. The van der Waals surface area contributed by atoms with E-state index in [-0.39, 0.29) is 18.3 Å². The second-order valence-corrected chi connectivity index (χ2v) is 5.68. The summed E-state index contributed by atoms with van der Waals surface area (Å²) in [7, 11) is 0. The first kappa shape index (κ1) is 18.8. The zero-order valence-corrected chi connectivity index (χ0v) is 13.9. The first-order chi connectivity index (χ1) is 10.3. The van der Waals surface area contributed by atoms with Crippen molar-refractivity contribution in [3.63, 3.8) is 0 Å². The summed E-state index contributed by atoms with van der Waals surface area (Å²) < 4.78 is 5.78. The van der Waals surface area contributed by atoms with Crippen molar-refractivity contribution in [2.24, 2.45) is 0 Å². The average molecular weight is 327 g/mol. The van der Waals surface area contributed by atoms with Gasteiger partial charge in [-0.2, -0.15) is 0 Å². The largest absolute Gasteiger partial charge is 0.399 e. The number of nitrogens with two attached hydrogens (primary N) is 1. The van der Waals surface area contributed by atoms with Crippen LogP contribution in [-0.4, -0.2) is 25.2 Å². The van der Waals surface area contributed by atoms with Crippen molar-refractivity contribution < 1.29 is 9.53 Å². The van der Waals surface area contributed by atoms with Crippen molar-refractivity contribution in [2.45, 2.75) is 51.0 Å². The van der Waals surface area contributed by atoms with E-state index in [0.29, 0.717) is 32.1 Å². The van der Waals surface area contributed by atoms with Gasteiger partial charge in [0, 0.05) is 18.7 Å². The highest BCUT2D eigenvalue weighted by molar-refractivity contribution is 5.85. The summed E-state index contributed by atoms with van der Waals surface area (Å²) >= 11 is 0. The van der Waals surface area contributed by atoms with Crippen LogP contribution in [0.25, 0.3) is 0 Å². The molecule has 0 bridgehead atoms. The number of anilines is 1. The quantitative estimate of drug-likeness (QED) is 0.598. The zero-order chi connectivity index (χ0) is 14.9. The maximum atomic E-state index is 11.8. The molecule has 1 saturated carbocycles. The van der Waals surface area contributed by atoms with Crippen LogP contribution in [0.1, 0.15) is 44.1 Å². The molecule has 3 N–H and O–H groups in total. The molecule has 124 valence electrons. The molecule has 1 fully saturated rings. The van der Waals surface area contributed by atoms with Gasteiger partial charge in [-0.25, -0.2) is 0 Å². The van der Waals surface area contributed by atoms with E-state index in [1.54, 1.807) is 0 Å². The van der Waals surface area contributed by atoms with Crippen molar-refractivity contribution in [3.8, 4) is 0 Å². The average Bonchev–Trinajstić information content (AvgIpc) is 2.52. The topological polar surface area (TPSA) is 64.4 Å². The maximum Gasteiger partial charge on any atom is 0.220 e. The molecule has 5 heteroatoms. The number of rotatable bonds is 7. The molecule has 1 aromatic carbocycles. The Morgan fingerprint density at radius 2 is 1.95 bits per heavy atom. The molecule has 0 atom stereocenters. The Bertz CT molecular complexity index is 448. The number of carbonyl (C=O) groups is 1. The van der Waals surface area contributed by atoms with Gasteiger partial charge in [-0.15, -0.1) is 12.4 Å². The van der Waals surface area contributed by atoms with Gasteiger partial charge >= 0.3 is 0 Å². The Kier molecular flexibility index (Phi) is 8.94. The summed E-state index contributed by atoms with van der Waals surface area (Å²) in [5.74, 6) is 0.0606. The summed E-state index contributed by atoms with van der Waals surface area (Å²) in [6.45, 7) is 1.21. The van der Waals surface area contributed by atoms with Gasteiger partial charge in [-0.3, -0.25) is 4.79 Å². The van der Waals surface area contributed by atoms with Crippen LogP contribution in [0.2, 0.25) is 0 Å². The number of ether oxygens (including phenoxy) is 1. The number of benzene rings is 1. The Morgan fingerprint density at radius 3 is 2.68 bits per heavy atom. The van der Waals surface area contributed by atoms with E-state index < -0.39 is 0 Å². The Hall–Kier alpha value is -1.26. The van der Waals surface area contributed by atoms with Gasteiger partial charge in [-0.05, 0) is 30.9 Å². The van der Waals surface area contributed by atoms with Crippen LogP contribution >= 0.6 is 12.4 Å². The number of para-hydroxylation sites is 1.